The molecule has 4 nitrogen and oxygen atoms in total. The summed E-state index contributed by atoms with van der Waals surface area (Å²) in [6.45, 7) is 2.47. The van der Waals surface area contributed by atoms with Crippen molar-refractivity contribution in [1.82, 2.24) is 5.43 Å². The average molecular weight is 219 g/mol. The standard InChI is InChI=1S/C12H17N3O/c1-9-6-7-10-4-2-3-5-11(10)15(9)8-12(16)14-13/h2-5,9H,6-8,13H2,1H3,(H,14,16). The van der Waals surface area contributed by atoms with Gasteiger partial charge in [-0.05, 0) is 31.4 Å². The van der Waals surface area contributed by atoms with Gasteiger partial charge in [0, 0.05) is 11.7 Å². The van der Waals surface area contributed by atoms with E-state index in [1.165, 1.54) is 5.56 Å². The molecule has 0 aliphatic carbocycles. The first-order valence-corrected chi connectivity index (χ1v) is 5.56. The number of rotatable bonds is 2. The van der Waals surface area contributed by atoms with Crippen molar-refractivity contribution < 1.29 is 4.79 Å². The Morgan fingerprint density at radius 2 is 2.31 bits per heavy atom. The zero-order valence-corrected chi connectivity index (χ0v) is 9.44. The number of hydrazine groups is 1. The molecule has 0 aromatic heterocycles. The number of aryl methyl sites for hydroxylation is 1. The van der Waals surface area contributed by atoms with Crippen LogP contribution in [0.2, 0.25) is 0 Å². The molecule has 1 aliphatic rings. The minimum Gasteiger partial charge on any atom is -0.359 e. The molecule has 16 heavy (non-hydrogen) atoms. The van der Waals surface area contributed by atoms with Gasteiger partial charge < -0.3 is 4.90 Å². The van der Waals surface area contributed by atoms with Crippen LogP contribution in [-0.4, -0.2) is 18.5 Å². The summed E-state index contributed by atoms with van der Waals surface area (Å²) in [5.41, 5.74) is 4.65. The Morgan fingerprint density at radius 1 is 1.56 bits per heavy atom. The molecular formula is C12H17N3O. The van der Waals surface area contributed by atoms with Gasteiger partial charge in [-0.15, -0.1) is 0 Å². The molecule has 1 heterocycles. The van der Waals surface area contributed by atoms with Gasteiger partial charge in [0.1, 0.15) is 0 Å². The largest absolute Gasteiger partial charge is 0.359 e. The summed E-state index contributed by atoms with van der Waals surface area (Å²) in [6.07, 6.45) is 2.16. The van der Waals surface area contributed by atoms with Crippen LogP contribution in [0.3, 0.4) is 0 Å². The molecule has 0 spiro atoms. The van der Waals surface area contributed by atoms with E-state index in [9.17, 15) is 4.79 Å². The van der Waals surface area contributed by atoms with Crippen molar-refractivity contribution >= 4 is 11.6 Å². The molecule has 1 aromatic rings. The van der Waals surface area contributed by atoms with E-state index in [-0.39, 0.29) is 5.91 Å². The van der Waals surface area contributed by atoms with Gasteiger partial charge in [0.05, 0.1) is 6.54 Å². The molecule has 1 aliphatic heterocycles. The number of benzene rings is 1. The summed E-state index contributed by atoms with van der Waals surface area (Å²) < 4.78 is 0. The number of nitrogens with two attached hydrogens (primary N) is 1. The molecule has 86 valence electrons. The molecule has 1 unspecified atom stereocenters. The molecule has 0 bridgehead atoms. The zero-order chi connectivity index (χ0) is 11.5. The summed E-state index contributed by atoms with van der Waals surface area (Å²) in [4.78, 5) is 13.5. The highest BCUT2D eigenvalue weighted by atomic mass is 16.2. The lowest BCUT2D eigenvalue weighted by Gasteiger charge is -2.36. The monoisotopic (exact) mass is 219 g/mol. The van der Waals surface area contributed by atoms with Crippen molar-refractivity contribution in [1.29, 1.82) is 0 Å². The van der Waals surface area contributed by atoms with Crippen LogP contribution in [-0.2, 0) is 11.2 Å². The first-order chi connectivity index (χ1) is 7.72. The lowest BCUT2D eigenvalue weighted by molar-refractivity contribution is -0.119. The van der Waals surface area contributed by atoms with Gasteiger partial charge in [0.15, 0.2) is 0 Å². The lowest BCUT2D eigenvalue weighted by atomic mass is 9.97. The van der Waals surface area contributed by atoms with E-state index in [1.54, 1.807) is 0 Å². The quantitative estimate of drug-likeness (QED) is 0.440. The Hall–Kier alpha value is -1.55. The smallest absolute Gasteiger partial charge is 0.253 e. The summed E-state index contributed by atoms with van der Waals surface area (Å²) in [5, 5.41) is 0. The molecule has 1 aromatic carbocycles. The maximum Gasteiger partial charge on any atom is 0.253 e. The second-order valence-electron chi connectivity index (χ2n) is 4.21. The van der Waals surface area contributed by atoms with Crippen LogP contribution in [0.4, 0.5) is 5.69 Å². The fraction of sp³-hybridized carbons (Fsp3) is 0.417. The Bertz CT molecular complexity index is 392. The molecular weight excluding hydrogens is 202 g/mol. The number of nitrogens with zero attached hydrogens (tertiary/aromatic N) is 1. The number of fused-ring (bicyclic) bond motifs is 1. The third kappa shape index (κ3) is 2.02. The lowest BCUT2D eigenvalue weighted by Crippen LogP contribution is -2.46. The maximum absolute atomic E-state index is 11.4. The van der Waals surface area contributed by atoms with E-state index in [0.717, 1.165) is 18.5 Å². The number of anilines is 1. The van der Waals surface area contributed by atoms with Crippen molar-refractivity contribution in [2.75, 3.05) is 11.4 Å². The minimum atomic E-state index is -0.149. The minimum absolute atomic E-state index is 0.149. The number of hydrogen-bond donors (Lipinski definition) is 2. The van der Waals surface area contributed by atoms with Crippen LogP contribution >= 0.6 is 0 Å². The van der Waals surface area contributed by atoms with Crippen LogP contribution in [0.15, 0.2) is 24.3 Å². The normalized spacial score (nSPS) is 19.1. The Morgan fingerprint density at radius 3 is 3.06 bits per heavy atom. The fourth-order valence-corrected chi connectivity index (χ4v) is 2.20. The third-order valence-electron chi connectivity index (χ3n) is 3.14. The van der Waals surface area contributed by atoms with E-state index >= 15 is 0 Å². The highest BCUT2D eigenvalue weighted by molar-refractivity contribution is 5.81. The van der Waals surface area contributed by atoms with Crippen molar-refractivity contribution in [2.45, 2.75) is 25.8 Å². The zero-order valence-electron chi connectivity index (χ0n) is 9.44. The highest BCUT2D eigenvalue weighted by Gasteiger charge is 2.23. The van der Waals surface area contributed by atoms with Crippen LogP contribution in [0.1, 0.15) is 18.9 Å². The van der Waals surface area contributed by atoms with E-state index in [1.807, 2.05) is 12.1 Å². The fourth-order valence-electron chi connectivity index (χ4n) is 2.20. The van der Waals surface area contributed by atoms with E-state index in [2.05, 4.69) is 29.4 Å². The summed E-state index contributed by atoms with van der Waals surface area (Å²) in [5.74, 6) is 4.98. The average Bonchev–Trinajstić information content (AvgIpc) is 2.32. The maximum atomic E-state index is 11.4. The first kappa shape index (κ1) is 11.0. The molecule has 0 fully saturated rings. The first-order valence-electron chi connectivity index (χ1n) is 5.56. The predicted octanol–water partition coefficient (Wildman–Crippen LogP) is 0.818. The summed E-state index contributed by atoms with van der Waals surface area (Å²) in [6, 6.07) is 8.61. The number of hydrogen-bond acceptors (Lipinski definition) is 3. The SMILES string of the molecule is CC1CCc2ccccc2N1CC(=O)NN. The van der Waals surface area contributed by atoms with Gasteiger partial charge >= 0.3 is 0 Å². The van der Waals surface area contributed by atoms with Crippen LogP contribution < -0.4 is 16.2 Å². The molecule has 3 N–H and O–H groups in total. The van der Waals surface area contributed by atoms with Crippen LogP contribution in [0, 0.1) is 0 Å². The molecule has 1 amide bonds. The summed E-state index contributed by atoms with van der Waals surface area (Å²) in [7, 11) is 0. The number of carbonyl (C=O) groups is 1. The molecule has 2 rings (SSSR count). The Kier molecular flexibility index (Phi) is 3.10. The molecule has 0 saturated carbocycles. The van der Waals surface area contributed by atoms with Gasteiger partial charge in [-0.25, -0.2) is 5.84 Å². The Balaban J connectivity index is 2.26. The Labute approximate surface area is 95.4 Å². The predicted molar refractivity (Wildman–Crippen MR) is 63.9 cm³/mol. The number of amides is 1. The molecule has 1 atom stereocenters. The number of para-hydroxylation sites is 1. The van der Waals surface area contributed by atoms with Gasteiger partial charge in [0.2, 0.25) is 0 Å². The van der Waals surface area contributed by atoms with E-state index < -0.39 is 0 Å². The molecule has 0 saturated heterocycles. The van der Waals surface area contributed by atoms with Gasteiger partial charge in [-0.2, -0.15) is 0 Å². The van der Waals surface area contributed by atoms with Crippen molar-refractivity contribution in [2.24, 2.45) is 5.84 Å². The summed E-state index contributed by atoms with van der Waals surface area (Å²) >= 11 is 0. The second kappa shape index (κ2) is 4.53. The van der Waals surface area contributed by atoms with Crippen molar-refractivity contribution in [3.05, 3.63) is 29.8 Å². The number of nitrogens with one attached hydrogen (secondary N) is 1. The van der Waals surface area contributed by atoms with E-state index in [4.69, 9.17) is 5.84 Å². The number of carbonyl (C=O) groups excluding carboxylic acids is 1. The second-order valence-corrected chi connectivity index (χ2v) is 4.21. The van der Waals surface area contributed by atoms with Gasteiger partial charge in [-0.3, -0.25) is 10.2 Å². The van der Waals surface area contributed by atoms with Crippen LogP contribution in [0.5, 0.6) is 0 Å². The van der Waals surface area contributed by atoms with Gasteiger partial charge in [0.25, 0.3) is 5.91 Å². The third-order valence-corrected chi connectivity index (χ3v) is 3.14. The molecule has 0 radical (unpaired) electrons. The van der Waals surface area contributed by atoms with Crippen molar-refractivity contribution in [3.63, 3.8) is 0 Å². The van der Waals surface area contributed by atoms with Gasteiger partial charge in [-0.1, -0.05) is 18.2 Å². The van der Waals surface area contributed by atoms with E-state index in [0.29, 0.717) is 12.6 Å². The van der Waals surface area contributed by atoms with Crippen LogP contribution in [0.25, 0.3) is 0 Å². The highest BCUT2D eigenvalue weighted by Crippen LogP contribution is 2.29. The molecule has 4 heteroatoms. The van der Waals surface area contributed by atoms with Crippen molar-refractivity contribution in [3.8, 4) is 0 Å². The topological polar surface area (TPSA) is 58.4 Å².